The van der Waals surface area contributed by atoms with Gasteiger partial charge in [-0.05, 0) is 36.4 Å². The molecule has 1 N–H and O–H groups in total. The third-order valence-electron chi connectivity index (χ3n) is 3.66. The van der Waals surface area contributed by atoms with Crippen molar-refractivity contribution in [2.45, 2.75) is 30.4 Å². The molecule has 0 aliphatic heterocycles. The Kier molecular flexibility index (Phi) is 7.62. The molecule has 0 unspecified atom stereocenters. The van der Waals surface area contributed by atoms with Gasteiger partial charge in [0.1, 0.15) is 9.96 Å². The van der Waals surface area contributed by atoms with Gasteiger partial charge in [-0.15, -0.1) is 11.3 Å². The standard InChI is InChI=1S/C18H24N2O4S2/c1-3-13-24-16-9-5-4-8-15(16)19-17(21)10-6-12-20(2)26(22,23)18-11-7-14-25-18/h4-5,7-9,11,14H,3,6,10,12-13H2,1-2H3,(H,19,21). The van der Waals surface area contributed by atoms with Gasteiger partial charge in [0, 0.05) is 20.0 Å². The molecule has 8 heteroatoms. The van der Waals surface area contributed by atoms with Crippen molar-refractivity contribution in [1.29, 1.82) is 0 Å². The summed E-state index contributed by atoms with van der Waals surface area (Å²) in [4.78, 5) is 12.2. The van der Waals surface area contributed by atoms with Crippen LogP contribution in [0, 0.1) is 0 Å². The van der Waals surface area contributed by atoms with Crippen LogP contribution in [0.1, 0.15) is 26.2 Å². The van der Waals surface area contributed by atoms with Crippen LogP contribution >= 0.6 is 11.3 Å². The van der Waals surface area contributed by atoms with E-state index in [4.69, 9.17) is 4.74 Å². The molecule has 2 aromatic rings. The molecule has 1 aromatic carbocycles. The summed E-state index contributed by atoms with van der Waals surface area (Å²) in [5.74, 6) is 0.472. The third-order valence-corrected chi connectivity index (χ3v) is 6.89. The van der Waals surface area contributed by atoms with Crippen LogP contribution in [0.2, 0.25) is 0 Å². The molecule has 6 nitrogen and oxygen atoms in total. The normalized spacial score (nSPS) is 11.5. The highest BCUT2D eigenvalue weighted by Crippen LogP contribution is 2.24. The number of hydrogen-bond acceptors (Lipinski definition) is 5. The molecule has 1 heterocycles. The molecule has 0 fully saturated rings. The average molecular weight is 397 g/mol. The van der Waals surface area contributed by atoms with Crippen LogP contribution in [0.5, 0.6) is 5.75 Å². The van der Waals surface area contributed by atoms with Gasteiger partial charge in [0.2, 0.25) is 5.91 Å². The fourth-order valence-corrected chi connectivity index (χ4v) is 4.68. The lowest BCUT2D eigenvalue weighted by molar-refractivity contribution is -0.116. The maximum Gasteiger partial charge on any atom is 0.252 e. The molecule has 1 amide bonds. The number of hydrogen-bond donors (Lipinski definition) is 1. The highest BCUT2D eigenvalue weighted by Gasteiger charge is 2.21. The molecule has 0 atom stereocenters. The maximum atomic E-state index is 12.3. The zero-order chi connectivity index (χ0) is 19.0. The largest absolute Gasteiger partial charge is 0.491 e. The molecule has 2 rings (SSSR count). The van der Waals surface area contributed by atoms with E-state index in [1.54, 1.807) is 23.6 Å². The molecule has 1 aromatic heterocycles. The number of anilines is 1. The van der Waals surface area contributed by atoms with Crippen molar-refractivity contribution < 1.29 is 17.9 Å². The van der Waals surface area contributed by atoms with Crippen LogP contribution < -0.4 is 10.1 Å². The van der Waals surface area contributed by atoms with Gasteiger partial charge in [-0.2, -0.15) is 0 Å². The summed E-state index contributed by atoms with van der Waals surface area (Å²) in [5, 5.41) is 4.56. The third kappa shape index (κ3) is 5.55. The second kappa shape index (κ2) is 9.70. The van der Waals surface area contributed by atoms with Gasteiger partial charge in [0.15, 0.2) is 0 Å². The predicted molar refractivity (Wildman–Crippen MR) is 104 cm³/mol. The minimum Gasteiger partial charge on any atom is -0.491 e. The first-order valence-electron chi connectivity index (χ1n) is 8.46. The van der Waals surface area contributed by atoms with Gasteiger partial charge in [-0.25, -0.2) is 12.7 Å². The van der Waals surface area contributed by atoms with E-state index in [1.165, 1.54) is 22.7 Å². The Morgan fingerprint density at radius 3 is 2.69 bits per heavy atom. The Balaban J connectivity index is 1.84. The van der Waals surface area contributed by atoms with E-state index >= 15 is 0 Å². The molecule has 142 valence electrons. The molecular weight excluding hydrogens is 372 g/mol. The highest BCUT2D eigenvalue weighted by molar-refractivity contribution is 7.91. The zero-order valence-electron chi connectivity index (χ0n) is 15.0. The number of rotatable bonds is 10. The number of ether oxygens (including phenoxy) is 1. The second-order valence-electron chi connectivity index (χ2n) is 5.76. The zero-order valence-corrected chi connectivity index (χ0v) is 16.6. The van der Waals surface area contributed by atoms with Crippen molar-refractivity contribution in [2.75, 3.05) is 25.5 Å². The predicted octanol–water partition coefficient (Wildman–Crippen LogP) is 3.58. The molecule has 26 heavy (non-hydrogen) atoms. The fourth-order valence-electron chi connectivity index (χ4n) is 2.27. The van der Waals surface area contributed by atoms with E-state index in [1.807, 2.05) is 25.1 Å². The van der Waals surface area contributed by atoms with Crippen molar-refractivity contribution in [2.24, 2.45) is 0 Å². The van der Waals surface area contributed by atoms with E-state index in [-0.39, 0.29) is 18.9 Å². The molecule has 0 bridgehead atoms. The molecule has 0 saturated carbocycles. The average Bonchev–Trinajstić information content (AvgIpc) is 3.16. The number of nitrogens with one attached hydrogen (secondary N) is 1. The Bertz CT molecular complexity index is 804. The van der Waals surface area contributed by atoms with E-state index in [2.05, 4.69) is 5.32 Å². The number of sulfonamides is 1. The Hall–Kier alpha value is -1.90. The quantitative estimate of drug-likeness (QED) is 0.666. The molecular formula is C18H24N2O4S2. The Morgan fingerprint density at radius 1 is 1.23 bits per heavy atom. The summed E-state index contributed by atoms with van der Waals surface area (Å²) in [6.45, 7) is 2.88. The molecule has 0 saturated heterocycles. The summed E-state index contributed by atoms with van der Waals surface area (Å²) in [6, 6.07) is 10.6. The minimum absolute atomic E-state index is 0.167. The first-order valence-corrected chi connectivity index (χ1v) is 10.8. The second-order valence-corrected chi connectivity index (χ2v) is 8.97. The molecule has 0 aliphatic rings. The number of amides is 1. The van der Waals surface area contributed by atoms with Crippen LogP contribution in [0.25, 0.3) is 0 Å². The van der Waals surface area contributed by atoms with Gasteiger partial charge in [0.25, 0.3) is 10.0 Å². The number of benzene rings is 1. The Labute approximate surface area is 158 Å². The van der Waals surface area contributed by atoms with Gasteiger partial charge < -0.3 is 10.1 Å². The SMILES string of the molecule is CCCOc1ccccc1NC(=O)CCCN(C)S(=O)(=O)c1cccs1. The lowest BCUT2D eigenvalue weighted by Gasteiger charge is -2.16. The van der Waals surface area contributed by atoms with Crippen LogP contribution in [0.4, 0.5) is 5.69 Å². The van der Waals surface area contributed by atoms with Gasteiger partial charge >= 0.3 is 0 Å². The highest BCUT2D eigenvalue weighted by atomic mass is 32.2. The van der Waals surface area contributed by atoms with E-state index in [0.717, 1.165) is 6.42 Å². The van der Waals surface area contributed by atoms with E-state index in [0.29, 0.717) is 28.7 Å². The minimum atomic E-state index is -3.47. The van der Waals surface area contributed by atoms with Crippen molar-refractivity contribution >= 4 is 33.0 Å². The number of nitrogens with zero attached hydrogens (tertiary/aromatic N) is 1. The summed E-state index contributed by atoms with van der Waals surface area (Å²) >= 11 is 1.18. The lowest BCUT2D eigenvalue weighted by Crippen LogP contribution is -2.28. The van der Waals surface area contributed by atoms with Crippen molar-refractivity contribution in [3.8, 4) is 5.75 Å². The first-order chi connectivity index (χ1) is 12.4. The molecule has 0 radical (unpaired) electrons. The van der Waals surface area contributed by atoms with Crippen molar-refractivity contribution in [1.82, 2.24) is 4.31 Å². The maximum absolute atomic E-state index is 12.3. The van der Waals surface area contributed by atoms with Crippen LogP contribution in [-0.2, 0) is 14.8 Å². The van der Waals surface area contributed by atoms with Crippen LogP contribution in [0.3, 0.4) is 0 Å². The van der Waals surface area contributed by atoms with Gasteiger partial charge in [0.05, 0.1) is 12.3 Å². The first kappa shape index (κ1) is 20.4. The van der Waals surface area contributed by atoms with Crippen LogP contribution in [0.15, 0.2) is 46.0 Å². The number of carbonyl (C=O) groups is 1. The monoisotopic (exact) mass is 396 g/mol. The number of carbonyl (C=O) groups excluding carboxylic acids is 1. The summed E-state index contributed by atoms with van der Waals surface area (Å²) < 4.78 is 31.9. The van der Waals surface area contributed by atoms with E-state index in [9.17, 15) is 13.2 Å². The number of thiophene rings is 1. The summed E-state index contributed by atoms with van der Waals surface area (Å²) in [6.07, 6.45) is 1.55. The van der Waals surface area contributed by atoms with Crippen LogP contribution in [-0.4, -0.2) is 38.8 Å². The molecule has 0 aliphatic carbocycles. The lowest BCUT2D eigenvalue weighted by atomic mass is 10.2. The smallest absolute Gasteiger partial charge is 0.252 e. The van der Waals surface area contributed by atoms with Crippen molar-refractivity contribution in [3.63, 3.8) is 0 Å². The fraction of sp³-hybridized carbons (Fsp3) is 0.389. The van der Waals surface area contributed by atoms with Crippen molar-refractivity contribution in [3.05, 3.63) is 41.8 Å². The Morgan fingerprint density at radius 2 is 2.00 bits per heavy atom. The van der Waals surface area contributed by atoms with Gasteiger partial charge in [-0.3, -0.25) is 4.79 Å². The molecule has 0 spiro atoms. The van der Waals surface area contributed by atoms with Gasteiger partial charge in [-0.1, -0.05) is 25.1 Å². The topological polar surface area (TPSA) is 75.7 Å². The summed E-state index contributed by atoms with van der Waals surface area (Å²) in [7, 11) is -1.94. The summed E-state index contributed by atoms with van der Waals surface area (Å²) in [5.41, 5.74) is 0.630. The number of para-hydroxylation sites is 2. The van der Waals surface area contributed by atoms with E-state index < -0.39 is 10.0 Å².